The largest absolute Gasteiger partial charge is 0.493 e. The zero-order valence-corrected chi connectivity index (χ0v) is 12.7. The van der Waals surface area contributed by atoms with Crippen LogP contribution in [0, 0.1) is 0 Å². The third-order valence-corrected chi connectivity index (χ3v) is 5.07. The summed E-state index contributed by atoms with van der Waals surface area (Å²) >= 11 is 2.08. The van der Waals surface area contributed by atoms with E-state index in [2.05, 4.69) is 30.5 Å². The molecular weight excluding hydrogens is 256 g/mol. The molecule has 1 heterocycles. The molecule has 0 saturated carbocycles. The van der Waals surface area contributed by atoms with Gasteiger partial charge in [0.2, 0.25) is 0 Å². The second-order valence-electron chi connectivity index (χ2n) is 5.13. The van der Waals surface area contributed by atoms with Crippen LogP contribution in [0.3, 0.4) is 0 Å². The van der Waals surface area contributed by atoms with Crippen LogP contribution in [-0.2, 0) is 0 Å². The van der Waals surface area contributed by atoms with Crippen molar-refractivity contribution in [3.8, 4) is 5.75 Å². The first kappa shape index (κ1) is 14.5. The number of nitrogens with zero attached hydrogens (tertiary/aromatic N) is 1. The molecule has 1 aromatic carbocycles. The molecule has 1 aliphatic heterocycles. The van der Waals surface area contributed by atoms with Gasteiger partial charge in [0.05, 0.1) is 6.61 Å². The molecule has 19 heavy (non-hydrogen) atoms. The van der Waals surface area contributed by atoms with Crippen LogP contribution in [0.25, 0.3) is 0 Å². The maximum atomic E-state index is 5.73. The molecule has 2 N–H and O–H groups in total. The van der Waals surface area contributed by atoms with E-state index in [-0.39, 0.29) is 0 Å². The molecule has 106 valence electrons. The number of benzene rings is 1. The zero-order valence-electron chi connectivity index (χ0n) is 11.8. The number of anilines is 1. The van der Waals surface area contributed by atoms with Crippen molar-refractivity contribution in [2.24, 2.45) is 0 Å². The van der Waals surface area contributed by atoms with Crippen LogP contribution in [0.4, 0.5) is 5.69 Å². The number of hydrogen-bond donors (Lipinski definition) is 1. The third-order valence-electron chi connectivity index (χ3n) is 3.73. The summed E-state index contributed by atoms with van der Waals surface area (Å²) in [6.07, 6.45) is 1.07. The molecule has 0 amide bonds. The summed E-state index contributed by atoms with van der Waals surface area (Å²) in [7, 11) is 0. The van der Waals surface area contributed by atoms with Gasteiger partial charge in [-0.1, -0.05) is 13.0 Å². The van der Waals surface area contributed by atoms with Crippen molar-refractivity contribution in [3.05, 3.63) is 24.3 Å². The Morgan fingerprint density at radius 1 is 1.42 bits per heavy atom. The van der Waals surface area contributed by atoms with Crippen LogP contribution in [0.2, 0.25) is 0 Å². The van der Waals surface area contributed by atoms with Gasteiger partial charge in [-0.3, -0.25) is 4.90 Å². The highest BCUT2D eigenvalue weighted by molar-refractivity contribution is 8.00. The fraction of sp³-hybridized carbons (Fsp3) is 0.600. The Labute approximate surface area is 120 Å². The van der Waals surface area contributed by atoms with Gasteiger partial charge in [-0.25, -0.2) is 0 Å². The van der Waals surface area contributed by atoms with E-state index >= 15 is 0 Å². The van der Waals surface area contributed by atoms with Crippen molar-refractivity contribution in [2.75, 3.05) is 31.2 Å². The van der Waals surface area contributed by atoms with Gasteiger partial charge in [-0.05, 0) is 25.5 Å². The number of hydrogen-bond acceptors (Lipinski definition) is 4. The van der Waals surface area contributed by atoms with Crippen LogP contribution in [0.1, 0.15) is 20.3 Å². The lowest BCUT2D eigenvalue weighted by molar-refractivity contribution is 0.191. The molecule has 0 aromatic heterocycles. The Bertz CT molecular complexity index is 399. The van der Waals surface area contributed by atoms with E-state index in [1.165, 1.54) is 12.3 Å². The predicted molar refractivity (Wildman–Crippen MR) is 83.9 cm³/mol. The molecule has 1 aliphatic rings. The smallest absolute Gasteiger partial charge is 0.121 e. The van der Waals surface area contributed by atoms with E-state index in [1.807, 2.05) is 24.3 Å². The SMILES string of the molecule is CC1SCCN(CCCOc2cccc(N)c2)C1C. The summed E-state index contributed by atoms with van der Waals surface area (Å²) in [6.45, 7) is 7.73. The normalized spacial score (nSPS) is 24.3. The van der Waals surface area contributed by atoms with Gasteiger partial charge in [0.1, 0.15) is 5.75 Å². The second kappa shape index (κ2) is 7.06. The molecule has 3 nitrogen and oxygen atoms in total. The number of nitrogen functional groups attached to an aromatic ring is 1. The first-order chi connectivity index (χ1) is 9.16. The molecule has 0 radical (unpaired) electrons. The highest BCUT2D eigenvalue weighted by atomic mass is 32.2. The molecule has 1 saturated heterocycles. The molecule has 0 aliphatic carbocycles. The summed E-state index contributed by atoms with van der Waals surface area (Å²) in [6, 6.07) is 8.31. The minimum Gasteiger partial charge on any atom is -0.493 e. The van der Waals surface area contributed by atoms with Crippen molar-refractivity contribution in [3.63, 3.8) is 0 Å². The van der Waals surface area contributed by atoms with Crippen molar-refractivity contribution < 1.29 is 4.74 Å². The van der Waals surface area contributed by atoms with Crippen LogP contribution in [0.5, 0.6) is 5.75 Å². The Hall–Kier alpha value is -0.870. The lowest BCUT2D eigenvalue weighted by Crippen LogP contribution is -2.45. The number of ether oxygens (including phenoxy) is 1. The minimum atomic E-state index is 0.672. The first-order valence-corrected chi connectivity index (χ1v) is 8.05. The summed E-state index contributed by atoms with van der Waals surface area (Å²) in [4.78, 5) is 2.57. The van der Waals surface area contributed by atoms with Crippen LogP contribution >= 0.6 is 11.8 Å². The topological polar surface area (TPSA) is 38.5 Å². The van der Waals surface area contributed by atoms with E-state index in [0.29, 0.717) is 6.04 Å². The van der Waals surface area contributed by atoms with Gasteiger partial charge < -0.3 is 10.5 Å². The van der Waals surface area contributed by atoms with E-state index < -0.39 is 0 Å². The summed E-state index contributed by atoms with van der Waals surface area (Å²) < 4.78 is 5.73. The van der Waals surface area contributed by atoms with Gasteiger partial charge in [0.15, 0.2) is 0 Å². The fourth-order valence-electron chi connectivity index (χ4n) is 2.37. The number of nitrogens with two attached hydrogens (primary N) is 1. The average Bonchev–Trinajstić information content (AvgIpc) is 2.39. The minimum absolute atomic E-state index is 0.672. The molecule has 2 rings (SSSR count). The predicted octanol–water partition coefficient (Wildman–Crippen LogP) is 2.86. The average molecular weight is 280 g/mol. The molecule has 0 spiro atoms. The molecular formula is C15H24N2OS. The second-order valence-corrected chi connectivity index (χ2v) is 6.61. The maximum Gasteiger partial charge on any atom is 0.121 e. The summed E-state index contributed by atoms with van der Waals surface area (Å²) in [5, 5.41) is 0.739. The molecule has 2 unspecified atom stereocenters. The first-order valence-electron chi connectivity index (χ1n) is 7.01. The van der Waals surface area contributed by atoms with E-state index in [0.717, 1.165) is 36.3 Å². The van der Waals surface area contributed by atoms with Gasteiger partial charge in [-0.2, -0.15) is 11.8 Å². The van der Waals surface area contributed by atoms with E-state index in [1.54, 1.807) is 0 Å². The molecule has 0 bridgehead atoms. The van der Waals surface area contributed by atoms with Gasteiger partial charge >= 0.3 is 0 Å². The van der Waals surface area contributed by atoms with Gasteiger partial charge in [0.25, 0.3) is 0 Å². The summed E-state index contributed by atoms with van der Waals surface area (Å²) in [5.74, 6) is 2.12. The van der Waals surface area contributed by atoms with Crippen molar-refractivity contribution in [1.29, 1.82) is 0 Å². The Morgan fingerprint density at radius 3 is 3.05 bits per heavy atom. The van der Waals surface area contributed by atoms with Crippen LogP contribution in [0.15, 0.2) is 24.3 Å². The quantitative estimate of drug-likeness (QED) is 0.665. The Kier molecular flexibility index (Phi) is 5.40. The lowest BCUT2D eigenvalue weighted by atomic mass is 10.2. The van der Waals surface area contributed by atoms with Crippen molar-refractivity contribution >= 4 is 17.4 Å². The van der Waals surface area contributed by atoms with Crippen LogP contribution < -0.4 is 10.5 Å². The molecule has 4 heteroatoms. The number of rotatable bonds is 5. The van der Waals surface area contributed by atoms with Gasteiger partial charge in [0, 0.05) is 41.9 Å². The standard InChI is InChI=1S/C15H24N2OS/c1-12-13(2)19-10-8-17(12)7-4-9-18-15-6-3-5-14(16)11-15/h3,5-6,11-13H,4,7-10,16H2,1-2H3. The molecule has 2 atom stereocenters. The Morgan fingerprint density at radius 2 is 2.26 bits per heavy atom. The van der Waals surface area contributed by atoms with E-state index in [9.17, 15) is 0 Å². The van der Waals surface area contributed by atoms with Crippen LogP contribution in [-0.4, -0.2) is 41.6 Å². The monoisotopic (exact) mass is 280 g/mol. The Balaban J connectivity index is 1.69. The van der Waals surface area contributed by atoms with Crippen molar-refractivity contribution in [1.82, 2.24) is 4.90 Å². The van der Waals surface area contributed by atoms with Crippen molar-refractivity contribution in [2.45, 2.75) is 31.6 Å². The lowest BCUT2D eigenvalue weighted by Gasteiger charge is -2.37. The molecule has 1 aromatic rings. The third kappa shape index (κ3) is 4.32. The highest BCUT2D eigenvalue weighted by Crippen LogP contribution is 2.24. The van der Waals surface area contributed by atoms with Gasteiger partial charge in [-0.15, -0.1) is 0 Å². The summed E-state index contributed by atoms with van der Waals surface area (Å²) in [5.41, 5.74) is 6.48. The molecule has 1 fully saturated rings. The van der Waals surface area contributed by atoms with E-state index in [4.69, 9.17) is 10.5 Å². The highest BCUT2D eigenvalue weighted by Gasteiger charge is 2.24. The fourth-order valence-corrected chi connectivity index (χ4v) is 3.54. The maximum absolute atomic E-state index is 5.73. The number of thioether (sulfide) groups is 1. The zero-order chi connectivity index (χ0) is 13.7.